The molecular formula is C16H25NS. The van der Waals surface area contributed by atoms with Crippen LogP contribution in [-0.2, 0) is 0 Å². The molecule has 0 aromatic heterocycles. The average molecular weight is 263 g/mol. The van der Waals surface area contributed by atoms with Gasteiger partial charge < -0.3 is 5.32 Å². The Morgan fingerprint density at radius 2 is 1.83 bits per heavy atom. The van der Waals surface area contributed by atoms with E-state index in [1.165, 1.54) is 42.6 Å². The first-order chi connectivity index (χ1) is 8.79. The summed E-state index contributed by atoms with van der Waals surface area (Å²) in [6.07, 6.45) is 7.09. The molecule has 2 heteroatoms. The van der Waals surface area contributed by atoms with Crippen LogP contribution in [0.25, 0.3) is 0 Å². The molecule has 1 atom stereocenters. The van der Waals surface area contributed by atoms with E-state index in [4.69, 9.17) is 0 Å². The number of thioether (sulfide) groups is 1. The predicted molar refractivity (Wildman–Crippen MR) is 81.3 cm³/mol. The van der Waals surface area contributed by atoms with Crippen LogP contribution in [0.15, 0.2) is 29.2 Å². The van der Waals surface area contributed by atoms with Gasteiger partial charge in [0.15, 0.2) is 0 Å². The van der Waals surface area contributed by atoms with Crippen molar-refractivity contribution in [3.8, 4) is 0 Å². The largest absolute Gasteiger partial charge is 0.310 e. The minimum absolute atomic E-state index is 0.462. The molecule has 1 aromatic carbocycles. The first-order valence-corrected chi connectivity index (χ1v) is 8.17. The molecule has 1 saturated carbocycles. The van der Waals surface area contributed by atoms with Gasteiger partial charge in [-0.3, -0.25) is 0 Å². The molecule has 100 valence electrons. The molecule has 1 N–H and O–H groups in total. The van der Waals surface area contributed by atoms with Crippen molar-refractivity contribution in [2.24, 2.45) is 0 Å². The van der Waals surface area contributed by atoms with Gasteiger partial charge in [0.25, 0.3) is 0 Å². The van der Waals surface area contributed by atoms with Gasteiger partial charge in [-0.15, -0.1) is 11.8 Å². The fraction of sp³-hybridized carbons (Fsp3) is 0.625. The van der Waals surface area contributed by atoms with Crippen LogP contribution in [0.3, 0.4) is 0 Å². The van der Waals surface area contributed by atoms with Gasteiger partial charge in [0.1, 0.15) is 0 Å². The summed E-state index contributed by atoms with van der Waals surface area (Å²) >= 11 is 2.08. The molecule has 1 aliphatic carbocycles. The molecule has 0 heterocycles. The molecule has 1 unspecified atom stereocenters. The van der Waals surface area contributed by atoms with Gasteiger partial charge in [0.2, 0.25) is 0 Å². The highest BCUT2D eigenvalue weighted by Crippen LogP contribution is 2.33. The summed E-state index contributed by atoms with van der Waals surface area (Å²) in [5, 5.41) is 4.31. The molecule has 18 heavy (non-hydrogen) atoms. The normalized spacial score (nSPS) is 18.8. The quantitative estimate of drug-likeness (QED) is 0.820. The molecule has 0 radical (unpaired) electrons. The van der Waals surface area contributed by atoms with Crippen molar-refractivity contribution in [2.75, 3.05) is 6.54 Å². The van der Waals surface area contributed by atoms with Crippen LogP contribution < -0.4 is 5.32 Å². The lowest BCUT2D eigenvalue weighted by Crippen LogP contribution is -2.17. The Hall–Kier alpha value is -0.470. The zero-order valence-electron chi connectivity index (χ0n) is 11.6. The summed E-state index contributed by atoms with van der Waals surface area (Å²) in [4.78, 5) is 1.44. The molecule has 2 rings (SSSR count). The maximum atomic E-state index is 3.46. The number of benzene rings is 1. The molecule has 1 nitrogen and oxygen atoms in total. The lowest BCUT2D eigenvalue weighted by atomic mass is 10.0. The van der Waals surface area contributed by atoms with Gasteiger partial charge >= 0.3 is 0 Å². The van der Waals surface area contributed by atoms with Gasteiger partial charge in [-0.25, -0.2) is 0 Å². The Labute approximate surface area is 116 Å². The van der Waals surface area contributed by atoms with E-state index in [0.29, 0.717) is 6.04 Å². The van der Waals surface area contributed by atoms with E-state index < -0.39 is 0 Å². The van der Waals surface area contributed by atoms with Gasteiger partial charge in [0, 0.05) is 16.2 Å². The third-order valence-corrected chi connectivity index (χ3v) is 5.09. The Kier molecular flexibility index (Phi) is 5.58. The van der Waals surface area contributed by atoms with Crippen molar-refractivity contribution in [3.05, 3.63) is 29.8 Å². The molecule has 0 bridgehead atoms. The predicted octanol–water partition coefficient (Wildman–Crippen LogP) is 4.78. The molecule has 1 aromatic rings. The number of nitrogens with one attached hydrogen (secondary N) is 1. The standard InChI is InChI=1S/C16H25NS/c1-3-17-13(2)14-9-11-16(12-10-14)18-15-7-5-4-6-8-15/h9-13,15,17H,3-8H2,1-2H3. The highest BCUT2D eigenvalue weighted by atomic mass is 32.2. The van der Waals surface area contributed by atoms with E-state index in [1.54, 1.807) is 0 Å². The minimum atomic E-state index is 0.462. The fourth-order valence-electron chi connectivity index (χ4n) is 2.63. The highest BCUT2D eigenvalue weighted by Gasteiger charge is 2.14. The summed E-state index contributed by atoms with van der Waals surface area (Å²) < 4.78 is 0. The number of rotatable bonds is 5. The monoisotopic (exact) mass is 263 g/mol. The number of hydrogen-bond donors (Lipinski definition) is 1. The van der Waals surface area contributed by atoms with Crippen LogP contribution in [0.1, 0.15) is 57.6 Å². The van der Waals surface area contributed by atoms with Crippen LogP contribution in [0.4, 0.5) is 0 Å². The Morgan fingerprint density at radius 1 is 1.17 bits per heavy atom. The molecule has 1 fully saturated rings. The van der Waals surface area contributed by atoms with E-state index in [9.17, 15) is 0 Å². The van der Waals surface area contributed by atoms with Crippen molar-refractivity contribution >= 4 is 11.8 Å². The van der Waals surface area contributed by atoms with E-state index in [1.807, 2.05) is 0 Å². The van der Waals surface area contributed by atoms with Gasteiger partial charge in [-0.2, -0.15) is 0 Å². The summed E-state index contributed by atoms with van der Waals surface area (Å²) in [5.41, 5.74) is 1.39. The van der Waals surface area contributed by atoms with Gasteiger partial charge in [-0.1, -0.05) is 38.3 Å². The third-order valence-electron chi connectivity index (χ3n) is 3.75. The molecule has 0 spiro atoms. The maximum Gasteiger partial charge on any atom is 0.0291 e. The summed E-state index contributed by atoms with van der Waals surface area (Å²) in [6.45, 7) is 5.41. The molecule has 1 aliphatic rings. The lowest BCUT2D eigenvalue weighted by Gasteiger charge is -2.21. The Balaban J connectivity index is 1.90. The van der Waals surface area contributed by atoms with E-state index >= 15 is 0 Å². The molecule has 0 saturated heterocycles. The van der Waals surface area contributed by atoms with Gasteiger partial charge in [0.05, 0.1) is 0 Å². The van der Waals surface area contributed by atoms with E-state index in [0.717, 1.165) is 11.8 Å². The van der Waals surface area contributed by atoms with Crippen LogP contribution in [0.5, 0.6) is 0 Å². The van der Waals surface area contributed by atoms with Crippen molar-refractivity contribution in [1.29, 1.82) is 0 Å². The highest BCUT2D eigenvalue weighted by molar-refractivity contribution is 8.00. The second-order valence-electron chi connectivity index (χ2n) is 5.23. The van der Waals surface area contributed by atoms with Gasteiger partial charge in [-0.05, 0) is 44.0 Å². The topological polar surface area (TPSA) is 12.0 Å². The first kappa shape index (κ1) is 14.0. The van der Waals surface area contributed by atoms with Crippen molar-refractivity contribution < 1.29 is 0 Å². The lowest BCUT2D eigenvalue weighted by molar-refractivity contribution is 0.516. The fourth-order valence-corrected chi connectivity index (χ4v) is 3.88. The SMILES string of the molecule is CCNC(C)c1ccc(SC2CCCCC2)cc1. The van der Waals surface area contributed by atoms with Crippen molar-refractivity contribution in [3.63, 3.8) is 0 Å². The summed E-state index contributed by atoms with van der Waals surface area (Å²) in [5.74, 6) is 0. The molecule has 0 amide bonds. The smallest absolute Gasteiger partial charge is 0.0291 e. The van der Waals surface area contributed by atoms with E-state index in [-0.39, 0.29) is 0 Å². The molecule has 0 aliphatic heterocycles. The van der Waals surface area contributed by atoms with E-state index in [2.05, 4.69) is 55.2 Å². The summed E-state index contributed by atoms with van der Waals surface area (Å²) in [7, 11) is 0. The summed E-state index contributed by atoms with van der Waals surface area (Å²) in [6, 6.07) is 9.60. The average Bonchev–Trinajstić information content (AvgIpc) is 2.41. The maximum absolute atomic E-state index is 3.46. The molecular weight excluding hydrogens is 238 g/mol. The number of hydrogen-bond acceptors (Lipinski definition) is 2. The van der Waals surface area contributed by atoms with Crippen LogP contribution in [0, 0.1) is 0 Å². The van der Waals surface area contributed by atoms with Crippen molar-refractivity contribution in [1.82, 2.24) is 5.32 Å². The minimum Gasteiger partial charge on any atom is -0.310 e. The third kappa shape index (κ3) is 4.03. The second kappa shape index (κ2) is 7.20. The van der Waals surface area contributed by atoms with Crippen molar-refractivity contribution in [2.45, 2.75) is 62.1 Å². The Morgan fingerprint density at radius 3 is 2.44 bits per heavy atom. The van der Waals surface area contributed by atoms with Crippen LogP contribution in [0.2, 0.25) is 0 Å². The van der Waals surface area contributed by atoms with Crippen LogP contribution >= 0.6 is 11.8 Å². The second-order valence-corrected chi connectivity index (χ2v) is 6.60. The first-order valence-electron chi connectivity index (χ1n) is 7.29. The van der Waals surface area contributed by atoms with Crippen LogP contribution in [-0.4, -0.2) is 11.8 Å². The zero-order valence-corrected chi connectivity index (χ0v) is 12.4. The zero-order chi connectivity index (χ0) is 12.8. The Bertz CT molecular complexity index is 341.